The zero-order valence-corrected chi connectivity index (χ0v) is 10.4. The minimum atomic E-state index is -2.92. The van der Waals surface area contributed by atoms with Crippen molar-refractivity contribution in [3.05, 3.63) is 12.0 Å². The van der Waals surface area contributed by atoms with Gasteiger partial charge in [-0.1, -0.05) is 0 Å². The van der Waals surface area contributed by atoms with Crippen molar-refractivity contribution in [1.29, 1.82) is 0 Å². The molecule has 1 unspecified atom stereocenters. The van der Waals surface area contributed by atoms with Gasteiger partial charge in [0.25, 0.3) is 0 Å². The molecule has 0 saturated carbocycles. The first kappa shape index (κ1) is 13.0. The molecule has 0 radical (unpaired) electrons. The number of sulfone groups is 1. The average molecular weight is 275 g/mol. The van der Waals surface area contributed by atoms with E-state index in [2.05, 4.69) is 20.7 Å². The third kappa shape index (κ3) is 3.05. The van der Waals surface area contributed by atoms with Gasteiger partial charge in [-0.05, 0) is 12.3 Å². The normalized spacial score (nSPS) is 21.8. The second kappa shape index (κ2) is 5.02. The molecule has 1 aliphatic rings. The first-order chi connectivity index (χ1) is 8.50. The molecule has 18 heavy (non-hydrogen) atoms. The van der Waals surface area contributed by atoms with Crippen LogP contribution in [0.5, 0.6) is 0 Å². The number of rotatable bonds is 4. The van der Waals surface area contributed by atoms with Gasteiger partial charge >= 0.3 is 0 Å². The molecule has 0 aromatic carbocycles. The summed E-state index contributed by atoms with van der Waals surface area (Å²) in [5.41, 5.74) is 2.21. The summed E-state index contributed by atoms with van der Waals surface area (Å²) >= 11 is 0. The number of hydrazine groups is 1. The topological polar surface area (TPSA) is 110 Å². The molecule has 0 amide bonds. The fourth-order valence-corrected chi connectivity index (χ4v) is 3.70. The highest BCUT2D eigenvalue weighted by atomic mass is 32.2. The van der Waals surface area contributed by atoms with Gasteiger partial charge < -0.3 is 5.32 Å². The molecule has 1 atom stereocenters. The summed E-state index contributed by atoms with van der Waals surface area (Å²) < 4.78 is 35.9. The molecule has 1 saturated heterocycles. The minimum Gasteiger partial charge on any atom is -0.367 e. The Labute approximate surface area is 104 Å². The average Bonchev–Trinajstić information content (AvgIpc) is 2.68. The van der Waals surface area contributed by atoms with Crippen molar-refractivity contribution in [1.82, 2.24) is 9.97 Å². The van der Waals surface area contributed by atoms with E-state index in [0.717, 1.165) is 6.20 Å². The Hall–Kier alpha value is -1.48. The second-order valence-corrected chi connectivity index (χ2v) is 6.41. The molecule has 0 aliphatic carbocycles. The first-order valence-corrected chi connectivity index (χ1v) is 7.26. The third-order valence-corrected chi connectivity index (χ3v) is 4.60. The number of anilines is 2. The van der Waals surface area contributed by atoms with Crippen LogP contribution in [-0.2, 0) is 9.84 Å². The molecule has 1 aromatic rings. The van der Waals surface area contributed by atoms with Gasteiger partial charge in [-0.25, -0.2) is 23.6 Å². The van der Waals surface area contributed by atoms with Crippen LogP contribution in [0.4, 0.5) is 16.2 Å². The lowest BCUT2D eigenvalue weighted by atomic mass is 10.1. The number of halogens is 1. The fraction of sp³-hybridized carbons (Fsp3) is 0.556. The molecule has 4 N–H and O–H groups in total. The molecular weight excluding hydrogens is 261 g/mol. The van der Waals surface area contributed by atoms with E-state index in [9.17, 15) is 12.8 Å². The maximum absolute atomic E-state index is 13.4. The first-order valence-electron chi connectivity index (χ1n) is 5.43. The molecule has 0 bridgehead atoms. The second-order valence-electron chi connectivity index (χ2n) is 4.18. The Morgan fingerprint density at radius 3 is 2.94 bits per heavy atom. The van der Waals surface area contributed by atoms with Gasteiger partial charge in [-0.3, -0.25) is 5.43 Å². The van der Waals surface area contributed by atoms with Gasteiger partial charge in [0, 0.05) is 6.54 Å². The number of aromatic nitrogens is 2. The van der Waals surface area contributed by atoms with Gasteiger partial charge in [-0.15, -0.1) is 0 Å². The van der Waals surface area contributed by atoms with Crippen molar-refractivity contribution in [2.45, 2.75) is 6.42 Å². The molecule has 100 valence electrons. The van der Waals surface area contributed by atoms with Crippen LogP contribution in [0.1, 0.15) is 6.42 Å². The van der Waals surface area contributed by atoms with Crippen molar-refractivity contribution >= 4 is 21.6 Å². The SMILES string of the molecule is NNc1ncc(F)c(NCC2CCS(=O)(=O)C2)n1. The van der Waals surface area contributed by atoms with E-state index in [1.807, 2.05) is 0 Å². The number of nitrogens with two attached hydrogens (primary N) is 1. The van der Waals surface area contributed by atoms with E-state index in [0.29, 0.717) is 13.0 Å². The Kier molecular flexibility index (Phi) is 3.62. The number of nitrogens with one attached hydrogen (secondary N) is 2. The van der Waals surface area contributed by atoms with Crippen LogP contribution in [0.15, 0.2) is 6.20 Å². The Bertz CT molecular complexity index is 536. The highest BCUT2D eigenvalue weighted by Gasteiger charge is 2.27. The fourth-order valence-electron chi connectivity index (χ4n) is 1.83. The largest absolute Gasteiger partial charge is 0.367 e. The van der Waals surface area contributed by atoms with Gasteiger partial charge in [-0.2, -0.15) is 4.98 Å². The van der Waals surface area contributed by atoms with Gasteiger partial charge in [0.15, 0.2) is 21.5 Å². The Morgan fingerprint density at radius 1 is 1.56 bits per heavy atom. The molecule has 2 heterocycles. The van der Waals surface area contributed by atoms with Gasteiger partial charge in [0.2, 0.25) is 5.95 Å². The predicted octanol–water partition coefficient (Wildman–Crippen LogP) is -0.252. The standard InChI is InChI=1S/C9H14FN5O2S/c10-7-4-13-9(15-11)14-8(7)12-3-6-1-2-18(16,17)5-6/h4,6H,1-3,5,11H2,(H2,12,13,14,15). The van der Waals surface area contributed by atoms with Crippen LogP contribution in [-0.4, -0.2) is 36.4 Å². The lowest BCUT2D eigenvalue weighted by molar-refractivity contribution is 0.591. The predicted molar refractivity (Wildman–Crippen MR) is 65.1 cm³/mol. The summed E-state index contributed by atoms with van der Waals surface area (Å²) in [5.74, 6) is 4.94. The van der Waals surface area contributed by atoms with Crippen LogP contribution in [0, 0.1) is 11.7 Å². The number of hydrogen-bond donors (Lipinski definition) is 3. The zero-order chi connectivity index (χ0) is 13.2. The summed E-state index contributed by atoms with van der Waals surface area (Å²) in [4.78, 5) is 7.41. The van der Waals surface area contributed by atoms with E-state index in [1.54, 1.807) is 0 Å². The minimum absolute atomic E-state index is 0.0151. The van der Waals surface area contributed by atoms with E-state index >= 15 is 0 Å². The van der Waals surface area contributed by atoms with Gasteiger partial charge in [0.1, 0.15) is 0 Å². The molecular formula is C9H14FN5O2S. The molecule has 1 aromatic heterocycles. The zero-order valence-electron chi connectivity index (χ0n) is 9.56. The summed E-state index contributed by atoms with van der Waals surface area (Å²) in [6.07, 6.45) is 1.58. The summed E-state index contributed by atoms with van der Waals surface area (Å²) in [5, 5.41) is 2.78. The molecule has 7 nitrogen and oxygen atoms in total. The lowest BCUT2D eigenvalue weighted by Crippen LogP contribution is -2.18. The van der Waals surface area contributed by atoms with E-state index < -0.39 is 15.7 Å². The van der Waals surface area contributed by atoms with Gasteiger partial charge in [0.05, 0.1) is 17.7 Å². The van der Waals surface area contributed by atoms with Crippen molar-refractivity contribution in [2.24, 2.45) is 11.8 Å². The van der Waals surface area contributed by atoms with Crippen molar-refractivity contribution in [3.63, 3.8) is 0 Å². The molecule has 1 fully saturated rings. The quantitative estimate of drug-likeness (QED) is 0.513. The van der Waals surface area contributed by atoms with Crippen LogP contribution >= 0.6 is 0 Å². The highest BCUT2D eigenvalue weighted by molar-refractivity contribution is 7.91. The van der Waals surface area contributed by atoms with Crippen molar-refractivity contribution < 1.29 is 12.8 Å². The van der Waals surface area contributed by atoms with E-state index in [1.165, 1.54) is 0 Å². The summed E-state index contributed by atoms with van der Waals surface area (Å²) in [6.45, 7) is 0.358. The monoisotopic (exact) mass is 275 g/mol. The van der Waals surface area contributed by atoms with E-state index in [-0.39, 0.29) is 29.2 Å². The maximum atomic E-state index is 13.4. The Balaban J connectivity index is 1.98. The number of hydrogen-bond acceptors (Lipinski definition) is 7. The Morgan fingerprint density at radius 2 is 2.33 bits per heavy atom. The third-order valence-electron chi connectivity index (χ3n) is 2.76. The molecule has 9 heteroatoms. The van der Waals surface area contributed by atoms with Crippen LogP contribution < -0.4 is 16.6 Å². The summed E-state index contributed by atoms with van der Waals surface area (Å²) in [6, 6.07) is 0. The maximum Gasteiger partial charge on any atom is 0.239 e. The van der Waals surface area contributed by atoms with Crippen LogP contribution in [0.2, 0.25) is 0 Å². The highest BCUT2D eigenvalue weighted by Crippen LogP contribution is 2.19. The smallest absolute Gasteiger partial charge is 0.239 e. The molecule has 2 rings (SSSR count). The number of nitrogen functional groups attached to an aromatic ring is 1. The van der Waals surface area contributed by atoms with Crippen LogP contribution in [0.3, 0.4) is 0 Å². The molecule has 1 aliphatic heterocycles. The van der Waals surface area contributed by atoms with Crippen molar-refractivity contribution in [3.8, 4) is 0 Å². The van der Waals surface area contributed by atoms with E-state index in [4.69, 9.17) is 5.84 Å². The van der Waals surface area contributed by atoms with Crippen molar-refractivity contribution in [2.75, 3.05) is 28.8 Å². The summed E-state index contributed by atoms with van der Waals surface area (Å²) in [7, 11) is -2.92. The molecule has 0 spiro atoms. The lowest BCUT2D eigenvalue weighted by Gasteiger charge is -2.11. The van der Waals surface area contributed by atoms with Crippen LogP contribution in [0.25, 0.3) is 0 Å². The number of nitrogens with zero attached hydrogens (tertiary/aromatic N) is 2.